The van der Waals surface area contributed by atoms with E-state index < -0.39 is 17.5 Å². The number of piperidine rings is 2. The van der Waals surface area contributed by atoms with Crippen LogP contribution in [0.3, 0.4) is 0 Å². The van der Waals surface area contributed by atoms with E-state index in [4.69, 9.17) is 24.4 Å². The minimum atomic E-state index is -1.86. The molecule has 4 aromatic rings. The number of pyridine rings is 3. The molecule has 2 saturated heterocycles. The summed E-state index contributed by atoms with van der Waals surface area (Å²) in [6.45, 7) is 13.8. The number of allylic oxidation sites excluding steroid dienone is 3. The first-order valence-corrected chi connectivity index (χ1v) is 27.1. The normalized spacial score (nSPS) is 29.2. The second-order valence-electron chi connectivity index (χ2n) is 22.5. The molecule has 14 nitrogen and oxygen atoms in total. The van der Waals surface area contributed by atoms with Gasteiger partial charge in [-0.05, 0) is 172 Å². The van der Waals surface area contributed by atoms with Crippen molar-refractivity contribution in [3.8, 4) is 17.1 Å². The minimum absolute atomic E-state index is 0.0951. The second-order valence-corrected chi connectivity index (χ2v) is 22.5. The molecule has 14 heteroatoms. The number of carbonyl (C=O) groups is 3. The molecule has 4 fully saturated rings. The van der Waals surface area contributed by atoms with Crippen molar-refractivity contribution in [2.24, 2.45) is 28.6 Å². The molecule has 0 spiro atoms. The van der Waals surface area contributed by atoms with Crippen molar-refractivity contribution in [3.05, 3.63) is 105 Å². The van der Waals surface area contributed by atoms with Gasteiger partial charge >= 0.3 is 12.1 Å². The summed E-state index contributed by atoms with van der Waals surface area (Å²) in [5.41, 5.74) is 7.47. The number of likely N-dealkylation sites (tertiary alicyclic amines) is 2. The van der Waals surface area contributed by atoms with Crippen molar-refractivity contribution in [1.82, 2.24) is 24.3 Å². The molecule has 1 amide bonds. The number of rotatable bonds is 5. The Hall–Kier alpha value is -5.70. The number of carboxylic acid groups (broad SMARTS) is 1. The summed E-state index contributed by atoms with van der Waals surface area (Å²) in [7, 11) is 0. The fourth-order valence-electron chi connectivity index (χ4n) is 14.6. The Kier molecular flexibility index (Phi) is 14.1. The van der Waals surface area contributed by atoms with Crippen LogP contribution in [-0.2, 0) is 39.5 Å². The van der Waals surface area contributed by atoms with Crippen LogP contribution in [0, 0.1) is 28.6 Å². The van der Waals surface area contributed by atoms with Gasteiger partial charge in [0.1, 0.15) is 12.4 Å². The Morgan fingerprint density at radius 2 is 1.66 bits per heavy atom. The Bertz CT molecular complexity index is 2910. The quantitative estimate of drug-likeness (QED) is 0.112. The third kappa shape index (κ3) is 9.13. The van der Waals surface area contributed by atoms with Crippen LogP contribution in [-0.4, -0.2) is 96.0 Å². The molecule has 1 aromatic carbocycles. The molecule has 0 radical (unpaired) electrons. The largest absolute Gasteiger partial charge is 0.481 e. The molecule has 388 valence electrons. The molecular formula is C59H73N5O9. The lowest BCUT2D eigenvalue weighted by molar-refractivity contribution is -0.172. The van der Waals surface area contributed by atoms with Crippen molar-refractivity contribution in [1.29, 1.82) is 0 Å². The number of cyclic esters (lactones) is 1. The van der Waals surface area contributed by atoms with Gasteiger partial charge in [0.2, 0.25) is 0 Å². The Balaban J connectivity index is 0.000000173. The number of benzene rings is 1. The lowest BCUT2D eigenvalue weighted by Gasteiger charge is -2.57. The number of hydrogen-bond acceptors (Lipinski definition) is 11. The molecule has 8 aliphatic rings. The third-order valence-electron chi connectivity index (χ3n) is 18.6. The maximum atomic E-state index is 13.6. The van der Waals surface area contributed by atoms with Crippen LogP contribution in [0.1, 0.15) is 146 Å². The van der Waals surface area contributed by atoms with Gasteiger partial charge < -0.3 is 39.2 Å². The van der Waals surface area contributed by atoms with Gasteiger partial charge in [0.25, 0.3) is 11.5 Å². The first kappa shape index (κ1) is 50.8. The zero-order valence-electron chi connectivity index (χ0n) is 43.3. The van der Waals surface area contributed by atoms with E-state index in [0.717, 1.165) is 72.4 Å². The number of aliphatic hydroxyl groups is 2. The van der Waals surface area contributed by atoms with Crippen LogP contribution in [0.25, 0.3) is 27.9 Å². The predicted molar refractivity (Wildman–Crippen MR) is 279 cm³/mol. The zero-order valence-corrected chi connectivity index (χ0v) is 43.3. The number of aryl methyl sites for hydroxylation is 1. The van der Waals surface area contributed by atoms with E-state index in [2.05, 4.69) is 54.9 Å². The molecule has 3 aromatic heterocycles. The summed E-state index contributed by atoms with van der Waals surface area (Å²) in [6, 6.07) is 12.1. The number of hydrogen-bond donors (Lipinski definition) is 3. The van der Waals surface area contributed by atoms with Crippen LogP contribution >= 0.6 is 0 Å². The topological polar surface area (TPSA) is 185 Å². The SMILES string of the molecule is CC(=O)O.CCc1c2c(nc3ccc(OC(=O)N4CCC(N5CCCCC5)CC4)cc13)-c1cc3c(c(=O)n1C2)COC(=O)[C@]3(O)CC.C[C@]12CC[C@H](O)CC1=CC[C@@H]1[C@@H]2CC[C@]2(C)C(c3cccnc3)=CC[C@@H]12. The molecule has 0 bridgehead atoms. The summed E-state index contributed by atoms with van der Waals surface area (Å²) in [6.07, 6.45) is 23.3. The van der Waals surface area contributed by atoms with Gasteiger partial charge in [-0.25, -0.2) is 14.6 Å². The van der Waals surface area contributed by atoms with Gasteiger partial charge in [0.15, 0.2) is 5.60 Å². The number of aromatic nitrogens is 3. The maximum Gasteiger partial charge on any atom is 0.415 e. The molecule has 2 saturated carbocycles. The smallest absolute Gasteiger partial charge is 0.415 e. The van der Waals surface area contributed by atoms with E-state index in [0.29, 0.717) is 71.2 Å². The Morgan fingerprint density at radius 3 is 2.37 bits per heavy atom. The van der Waals surface area contributed by atoms with E-state index >= 15 is 0 Å². The van der Waals surface area contributed by atoms with Gasteiger partial charge in [-0.2, -0.15) is 0 Å². The predicted octanol–water partition coefficient (Wildman–Crippen LogP) is 9.58. The summed E-state index contributed by atoms with van der Waals surface area (Å²) < 4.78 is 12.7. The molecule has 7 heterocycles. The summed E-state index contributed by atoms with van der Waals surface area (Å²) >= 11 is 0. The highest BCUT2D eigenvalue weighted by Crippen LogP contribution is 2.66. The summed E-state index contributed by atoms with van der Waals surface area (Å²) in [5.74, 6) is 1.26. The zero-order chi connectivity index (χ0) is 51.4. The molecule has 7 atom stereocenters. The highest BCUT2D eigenvalue weighted by Gasteiger charge is 2.57. The number of ether oxygens (including phenoxy) is 2. The number of carboxylic acids is 1. The van der Waals surface area contributed by atoms with Crippen molar-refractivity contribution in [3.63, 3.8) is 0 Å². The van der Waals surface area contributed by atoms with Crippen LogP contribution in [0.2, 0.25) is 0 Å². The standard InChI is InChI=1S/C33H38N4O6.C24H31NO.C2H4O2/c1-3-22-23-16-21(43-32(40)36-14-10-20(11-15-36)35-12-6-5-7-13-35)8-9-27(23)34-29-24(22)18-37-28(29)17-26-25(30(37)38)19-42-31(39)33(26,41)4-2;1-23-11-9-18(26)14-17(23)5-6-19-21-8-7-20(16-4-3-13-25-15-16)24(21,2)12-10-22(19)23;1-2(3)4/h8-9,16-17,20,41H,3-7,10-15,18-19H2,1-2H3;3-5,7,13,15,18-19,21-22,26H,6,8-12,14H2,1-2H3;1H3,(H,3,4)/t33-;18-,19-,21-,22-,23-,24+;/m00./s1. The number of esters is 1. The van der Waals surface area contributed by atoms with Gasteiger partial charge in [0.05, 0.1) is 35.1 Å². The summed E-state index contributed by atoms with van der Waals surface area (Å²) in [4.78, 5) is 61.9. The highest BCUT2D eigenvalue weighted by molar-refractivity contribution is 5.90. The minimum Gasteiger partial charge on any atom is -0.481 e. The molecule has 3 N–H and O–H groups in total. The van der Waals surface area contributed by atoms with Gasteiger partial charge in [0, 0.05) is 55.0 Å². The fraction of sp³-hybridized carbons (Fsp3) is 0.559. The molecule has 4 aliphatic heterocycles. The molecular weight excluding hydrogens is 923 g/mol. The van der Waals surface area contributed by atoms with Gasteiger partial charge in [-0.3, -0.25) is 14.6 Å². The van der Waals surface area contributed by atoms with E-state index in [-0.39, 0.29) is 30.8 Å². The number of nitrogens with zero attached hydrogens (tertiary/aromatic N) is 5. The number of fused-ring (bicyclic) bond motifs is 10. The average molecular weight is 996 g/mol. The van der Waals surface area contributed by atoms with Crippen LogP contribution in [0.4, 0.5) is 4.79 Å². The lowest BCUT2D eigenvalue weighted by Crippen LogP contribution is -2.49. The number of aliphatic hydroxyl groups excluding tert-OH is 1. The monoisotopic (exact) mass is 996 g/mol. The van der Waals surface area contributed by atoms with Crippen molar-refractivity contribution in [2.45, 2.75) is 155 Å². The summed E-state index contributed by atoms with van der Waals surface area (Å²) in [5, 5.41) is 29.6. The Morgan fingerprint density at radius 1 is 0.904 bits per heavy atom. The molecule has 12 rings (SSSR count). The molecule has 4 aliphatic carbocycles. The van der Waals surface area contributed by atoms with Crippen LogP contribution in [0.5, 0.6) is 5.75 Å². The number of aliphatic carboxylic acids is 1. The van der Waals surface area contributed by atoms with Crippen molar-refractivity contribution < 1.29 is 39.2 Å². The number of amides is 1. The average Bonchev–Trinajstić information content (AvgIpc) is 3.95. The van der Waals surface area contributed by atoms with Crippen molar-refractivity contribution in [2.75, 3.05) is 26.2 Å². The lowest BCUT2D eigenvalue weighted by atomic mass is 9.47. The van der Waals surface area contributed by atoms with Crippen LogP contribution < -0.4 is 10.3 Å². The van der Waals surface area contributed by atoms with Crippen molar-refractivity contribution >= 4 is 34.5 Å². The van der Waals surface area contributed by atoms with E-state index in [1.165, 1.54) is 70.0 Å². The number of carbonyl (C=O) groups excluding carboxylic acids is 2. The van der Waals surface area contributed by atoms with E-state index in [1.54, 1.807) is 34.8 Å². The Labute approximate surface area is 428 Å². The maximum absolute atomic E-state index is 13.6. The van der Waals surface area contributed by atoms with Crippen LogP contribution in [0.15, 0.2) is 71.3 Å². The second kappa shape index (κ2) is 20.2. The molecule has 73 heavy (non-hydrogen) atoms. The third-order valence-corrected chi connectivity index (χ3v) is 18.6. The first-order chi connectivity index (χ1) is 35.1. The highest BCUT2D eigenvalue weighted by atomic mass is 16.6. The first-order valence-electron chi connectivity index (χ1n) is 27.1. The molecule has 0 unspecified atom stereocenters. The van der Waals surface area contributed by atoms with E-state index in [9.17, 15) is 24.6 Å². The van der Waals surface area contributed by atoms with E-state index in [1.807, 2.05) is 29.4 Å². The van der Waals surface area contributed by atoms with Gasteiger partial charge in [-0.1, -0.05) is 57.9 Å². The van der Waals surface area contributed by atoms with Gasteiger partial charge in [-0.15, -0.1) is 0 Å². The fourth-order valence-corrected chi connectivity index (χ4v) is 14.6.